The summed E-state index contributed by atoms with van der Waals surface area (Å²) in [7, 11) is 0. The summed E-state index contributed by atoms with van der Waals surface area (Å²) in [5.74, 6) is 0. The fraction of sp³-hybridized carbons (Fsp3) is 0.300. The van der Waals surface area contributed by atoms with Gasteiger partial charge in [0.15, 0.2) is 0 Å². The molecule has 22 heavy (non-hydrogen) atoms. The van der Waals surface area contributed by atoms with Crippen LogP contribution in [0.3, 0.4) is 0 Å². The molecular formula is C20H24OS. The number of aliphatic hydroxyl groups excluding tert-OH is 1. The van der Waals surface area contributed by atoms with Crippen molar-refractivity contribution in [3.8, 4) is 0 Å². The van der Waals surface area contributed by atoms with E-state index in [1.807, 2.05) is 54.2 Å². The van der Waals surface area contributed by atoms with E-state index >= 15 is 0 Å². The van der Waals surface area contributed by atoms with Gasteiger partial charge in [-0.2, -0.15) is 0 Å². The largest absolute Gasteiger partial charge is 0.384 e. The molecule has 0 aliphatic heterocycles. The molecule has 0 fully saturated rings. The van der Waals surface area contributed by atoms with Gasteiger partial charge < -0.3 is 5.11 Å². The lowest BCUT2D eigenvalue weighted by atomic mass is 9.91. The van der Waals surface area contributed by atoms with Gasteiger partial charge in [0.1, 0.15) is 0 Å². The van der Waals surface area contributed by atoms with Gasteiger partial charge in [-0.15, -0.1) is 11.8 Å². The minimum absolute atomic E-state index is 0.118. The molecule has 0 saturated carbocycles. The Balaban J connectivity index is 2.12. The highest BCUT2D eigenvalue weighted by molar-refractivity contribution is 8.00. The van der Waals surface area contributed by atoms with Gasteiger partial charge in [0, 0.05) is 10.1 Å². The Kier molecular flexibility index (Phi) is 5.87. The maximum Gasteiger partial charge on any atom is 0.0972 e. The summed E-state index contributed by atoms with van der Waals surface area (Å²) in [6, 6.07) is 20.2. The molecule has 0 aliphatic carbocycles. The molecule has 0 amide bonds. The quantitative estimate of drug-likeness (QED) is 0.582. The van der Waals surface area contributed by atoms with Crippen molar-refractivity contribution in [3.63, 3.8) is 0 Å². The van der Waals surface area contributed by atoms with E-state index in [4.69, 9.17) is 0 Å². The first kappa shape index (κ1) is 16.9. The summed E-state index contributed by atoms with van der Waals surface area (Å²) in [6.45, 7) is 6.69. The first-order valence-corrected chi connectivity index (χ1v) is 8.48. The van der Waals surface area contributed by atoms with Crippen LogP contribution < -0.4 is 0 Å². The summed E-state index contributed by atoms with van der Waals surface area (Å²) >= 11 is 1.83. The van der Waals surface area contributed by atoms with E-state index in [0.29, 0.717) is 5.25 Å². The van der Waals surface area contributed by atoms with Crippen LogP contribution in [-0.2, 0) is 0 Å². The van der Waals surface area contributed by atoms with Crippen molar-refractivity contribution >= 4 is 11.8 Å². The second-order valence-electron chi connectivity index (χ2n) is 6.46. The number of aliphatic hydroxyl groups is 1. The summed E-state index contributed by atoms with van der Waals surface area (Å²) in [6.07, 6.45) is 3.48. The highest BCUT2D eigenvalue weighted by Gasteiger charge is 2.23. The van der Waals surface area contributed by atoms with Crippen LogP contribution in [0.1, 0.15) is 32.4 Å². The van der Waals surface area contributed by atoms with E-state index in [1.54, 1.807) is 0 Å². The number of rotatable bonds is 5. The summed E-state index contributed by atoms with van der Waals surface area (Å²) < 4.78 is 0. The first-order valence-electron chi connectivity index (χ1n) is 7.60. The fourth-order valence-corrected chi connectivity index (χ4v) is 3.25. The highest BCUT2D eigenvalue weighted by Crippen LogP contribution is 2.36. The van der Waals surface area contributed by atoms with Crippen molar-refractivity contribution in [2.45, 2.75) is 37.0 Å². The lowest BCUT2D eigenvalue weighted by Gasteiger charge is -2.28. The van der Waals surface area contributed by atoms with E-state index in [1.165, 1.54) is 4.90 Å². The molecule has 0 unspecified atom stereocenters. The summed E-state index contributed by atoms with van der Waals surface area (Å²) in [5, 5.41) is 10.6. The lowest BCUT2D eigenvalue weighted by Crippen LogP contribution is -2.21. The Labute approximate surface area is 138 Å². The van der Waals surface area contributed by atoms with E-state index in [2.05, 4.69) is 51.1 Å². The molecule has 1 N–H and O–H groups in total. The van der Waals surface area contributed by atoms with Crippen molar-refractivity contribution in [2.24, 2.45) is 5.41 Å². The van der Waals surface area contributed by atoms with Crippen LogP contribution in [0.4, 0.5) is 0 Å². The topological polar surface area (TPSA) is 20.2 Å². The summed E-state index contributed by atoms with van der Waals surface area (Å²) in [5.41, 5.74) is 1.05. The highest BCUT2D eigenvalue weighted by atomic mass is 32.2. The van der Waals surface area contributed by atoms with Crippen LogP contribution in [0, 0.1) is 5.41 Å². The monoisotopic (exact) mass is 312 g/mol. The maximum absolute atomic E-state index is 10.3. The molecule has 2 heteroatoms. The first-order chi connectivity index (χ1) is 10.5. The van der Waals surface area contributed by atoms with Crippen LogP contribution in [0.25, 0.3) is 0 Å². The Morgan fingerprint density at radius 3 is 1.95 bits per heavy atom. The van der Waals surface area contributed by atoms with Crippen molar-refractivity contribution < 1.29 is 5.11 Å². The van der Waals surface area contributed by atoms with Crippen LogP contribution >= 0.6 is 11.8 Å². The molecule has 0 aliphatic rings. The molecule has 0 aromatic heterocycles. The van der Waals surface area contributed by atoms with Crippen LogP contribution in [-0.4, -0.2) is 10.4 Å². The third kappa shape index (κ3) is 5.04. The zero-order chi connectivity index (χ0) is 16.0. The number of thioether (sulfide) groups is 1. The minimum Gasteiger partial charge on any atom is -0.384 e. The van der Waals surface area contributed by atoms with Crippen molar-refractivity contribution in [2.75, 3.05) is 0 Å². The average molecular weight is 312 g/mol. The normalized spacial score (nSPS) is 14.9. The minimum atomic E-state index is -0.553. The lowest BCUT2D eigenvalue weighted by molar-refractivity contribution is 0.228. The second kappa shape index (κ2) is 7.66. The summed E-state index contributed by atoms with van der Waals surface area (Å²) in [4.78, 5) is 1.25. The molecule has 2 atom stereocenters. The van der Waals surface area contributed by atoms with E-state index < -0.39 is 6.10 Å². The molecule has 0 spiro atoms. The van der Waals surface area contributed by atoms with Crippen LogP contribution in [0.2, 0.25) is 0 Å². The van der Waals surface area contributed by atoms with E-state index in [0.717, 1.165) is 5.56 Å². The molecule has 0 radical (unpaired) electrons. The number of benzene rings is 2. The standard InChI is InChI=1S/C20H24OS/c1-20(2,3)19(22-17-12-8-5-9-13-17)15-14-18(21)16-10-6-4-7-11-16/h4-15,18-19,21H,1-3H3/t18-,19-/m0/s1. The van der Waals surface area contributed by atoms with Crippen molar-refractivity contribution in [1.29, 1.82) is 0 Å². The molecule has 0 saturated heterocycles. The molecular weight excluding hydrogens is 288 g/mol. The number of hydrogen-bond donors (Lipinski definition) is 1. The fourth-order valence-electron chi connectivity index (χ4n) is 2.12. The van der Waals surface area contributed by atoms with E-state index in [9.17, 15) is 5.11 Å². The smallest absolute Gasteiger partial charge is 0.0972 e. The SMILES string of the molecule is CC(C)(C)[C@H](C=C[C@H](O)c1ccccc1)Sc1ccccc1. The molecule has 0 bridgehead atoms. The van der Waals surface area contributed by atoms with Crippen LogP contribution in [0.15, 0.2) is 77.7 Å². The molecule has 0 heterocycles. The van der Waals surface area contributed by atoms with Gasteiger partial charge in [0.2, 0.25) is 0 Å². The Morgan fingerprint density at radius 2 is 1.41 bits per heavy atom. The maximum atomic E-state index is 10.3. The molecule has 116 valence electrons. The van der Waals surface area contributed by atoms with Crippen molar-refractivity contribution in [3.05, 3.63) is 78.4 Å². The van der Waals surface area contributed by atoms with Gasteiger partial charge in [-0.05, 0) is 23.1 Å². The predicted molar refractivity (Wildman–Crippen MR) is 96.1 cm³/mol. The Hall–Kier alpha value is -1.51. The van der Waals surface area contributed by atoms with Gasteiger partial charge >= 0.3 is 0 Å². The third-order valence-electron chi connectivity index (χ3n) is 3.47. The van der Waals surface area contributed by atoms with Gasteiger partial charge in [0.05, 0.1) is 6.10 Å². The third-order valence-corrected chi connectivity index (χ3v) is 5.13. The van der Waals surface area contributed by atoms with Gasteiger partial charge in [-0.3, -0.25) is 0 Å². The Morgan fingerprint density at radius 1 is 0.864 bits per heavy atom. The predicted octanol–water partition coefficient (Wildman–Crippen LogP) is 5.48. The molecule has 2 aromatic carbocycles. The Bertz CT molecular complexity index is 584. The van der Waals surface area contributed by atoms with Crippen LogP contribution in [0.5, 0.6) is 0 Å². The zero-order valence-corrected chi connectivity index (χ0v) is 14.3. The van der Waals surface area contributed by atoms with Gasteiger partial charge in [-0.25, -0.2) is 0 Å². The number of hydrogen-bond acceptors (Lipinski definition) is 2. The molecule has 2 aromatic rings. The molecule has 2 rings (SSSR count). The average Bonchev–Trinajstić information content (AvgIpc) is 2.52. The van der Waals surface area contributed by atoms with Crippen molar-refractivity contribution in [1.82, 2.24) is 0 Å². The van der Waals surface area contributed by atoms with E-state index in [-0.39, 0.29) is 5.41 Å². The van der Waals surface area contributed by atoms with Gasteiger partial charge in [-0.1, -0.05) is 81.5 Å². The molecule has 1 nitrogen and oxygen atoms in total. The zero-order valence-electron chi connectivity index (χ0n) is 13.4. The van der Waals surface area contributed by atoms with Gasteiger partial charge in [0.25, 0.3) is 0 Å². The second-order valence-corrected chi connectivity index (χ2v) is 7.67.